The first-order valence-electron chi connectivity index (χ1n) is 5.74. The largest absolute Gasteiger partial charge is 0.497 e. The van der Waals surface area contributed by atoms with Crippen molar-refractivity contribution in [1.82, 2.24) is 0 Å². The monoisotopic (exact) mass is 266 g/mol. The molecule has 0 aliphatic rings. The maximum absolute atomic E-state index is 12.0. The summed E-state index contributed by atoms with van der Waals surface area (Å²) < 4.78 is 4.96. The molecule has 0 bridgehead atoms. The van der Waals surface area contributed by atoms with Gasteiger partial charge in [-0.25, -0.2) is 4.79 Å². The number of nitrogens with two attached hydrogens (primary N) is 1. The number of anilines is 1. The van der Waals surface area contributed by atoms with Crippen molar-refractivity contribution in [2.75, 3.05) is 19.0 Å². The zero-order valence-electron chi connectivity index (χ0n) is 11.2. The second-order valence-corrected chi connectivity index (χ2v) is 4.76. The van der Waals surface area contributed by atoms with Gasteiger partial charge in [0.05, 0.1) is 23.8 Å². The molecule has 1 aromatic rings. The van der Waals surface area contributed by atoms with Crippen LogP contribution in [-0.2, 0) is 4.79 Å². The number of hydrogen-bond acceptors (Lipinski definition) is 4. The van der Waals surface area contributed by atoms with Crippen LogP contribution in [0.15, 0.2) is 18.2 Å². The molecule has 104 valence electrons. The highest BCUT2D eigenvalue weighted by molar-refractivity contribution is 6.02. The summed E-state index contributed by atoms with van der Waals surface area (Å²) in [5, 5.41) is 11.7. The van der Waals surface area contributed by atoms with Gasteiger partial charge in [-0.3, -0.25) is 4.79 Å². The van der Waals surface area contributed by atoms with Crippen LogP contribution in [0.4, 0.5) is 5.69 Å². The number of rotatable bonds is 5. The Bertz CT molecular complexity index is 497. The lowest BCUT2D eigenvalue weighted by Gasteiger charge is -2.22. The Morgan fingerprint density at radius 1 is 1.42 bits per heavy atom. The van der Waals surface area contributed by atoms with Crippen molar-refractivity contribution in [2.24, 2.45) is 11.1 Å². The third-order valence-corrected chi connectivity index (χ3v) is 2.83. The first-order chi connectivity index (χ1) is 8.81. The average Bonchev–Trinajstić information content (AvgIpc) is 2.38. The fourth-order valence-corrected chi connectivity index (χ4v) is 1.32. The van der Waals surface area contributed by atoms with Crippen LogP contribution in [0.25, 0.3) is 0 Å². The predicted octanol–water partition coefficient (Wildman–Crippen LogP) is 1.32. The second kappa shape index (κ2) is 5.71. The summed E-state index contributed by atoms with van der Waals surface area (Å²) in [5.74, 6) is -1.06. The summed E-state index contributed by atoms with van der Waals surface area (Å²) in [6, 6.07) is 4.43. The summed E-state index contributed by atoms with van der Waals surface area (Å²) in [6.07, 6.45) is 0. The molecule has 0 aromatic heterocycles. The molecular formula is C13H18N2O4. The molecule has 1 rings (SSSR count). The lowest BCUT2D eigenvalue weighted by molar-refractivity contribution is -0.123. The van der Waals surface area contributed by atoms with E-state index in [1.54, 1.807) is 19.9 Å². The lowest BCUT2D eigenvalue weighted by Crippen LogP contribution is -2.37. The Morgan fingerprint density at radius 3 is 2.53 bits per heavy atom. The first-order valence-corrected chi connectivity index (χ1v) is 5.74. The van der Waals surface area contributed by atoms with Crippen molar-refractivity contribution < 1.29 is 19.4 Å². The molecule has 6 heteroatoms. The summed E-state index contributed by atoms with van der Waals surface area (Å²) in [6.45, 7) is 3.54. The number of methoxy groups -OCH3 is 1. The maximum Gasteiger partial charge on any atom is 0.337 e. The molecule has 0 heterocycles. The minimum Gasteiger partial charge on any atom is -0.497 e. The van der Waals surface area contributed by atoms with E-state index >= 15 is 0 Å². The average molecular weight is 266 g/mol. The third-order valence-electron chi connectivity index (χ3n) is 2.83. The smallest absolute Gasteiger partial charge is 0.337 e. The molecule has 0 fully saturated rings. The van der Waals surface area contributed by atoms with Crippen LogP contribution in [0, 0.1) is 5.41 Å². The molecule has 4 N–H and O–H groups in total. The lowest BCUT2D eigenvalue weighted by atomic mass is 9.92. The number of carboxylic acids is 1. The van der Waals surface area contributed by atoms with Gasteiger partial charge in [-0.1, -0.05) is 0 Å². The third kappa shape index (κ3) is 3.45. The quantitative estimate of drug-likeness (QED) is 0.746. The van der Waals surface area contributed by atoms with Crippen molar-refractivity contribution >= 4 is 17.6 Å². The van der Waals surface area contributed by atoms with Crippen molar-refractivity contribution in [2.45, 2.75) is 13.8 Å². The summed E-state index contributed by atoms with van der Waals surface area (Å²) in [7, 11) is 1.44. The van der Waals surface area contributed by atoms with Crippen LogP contribution < -0.4 is 15.8 Å². The van der Waals surface area contributed by atoms with Gasteiger partial charge in [-0.15, -0.1) is 0 Å². The molecule has 0 atom stereocenters. The van der Waals surface area contributed by atoms with Crippen LogP contribution in [-0.4, -0.2) is 30.6 Å². The molecule has 6 nitrogen and oxygen atoms in total. The molecule has 0 unspecified atom stereocenters. The summed E-state index contributed by atoms with van der Waals surface area (Å²) in [5.41, 5.74) is 4.93. The Hall–Kier alpha value is -2.08. The summed E-state index contributed by atoms with van der Waals surface area (Å²) >= 11 is 0. The van der Waals surface area contributed by atoms with Crippen molar-refractivity contribution in [1.29, 1.82) is 0 Å². The number of amides is 1. The first kappa shape index (κ1) is 15.0. The van der Waals surface area contributed by atoms with Crippen molar-refractivity contribution in [3.8, 4) is 5.75 Å². The van der Waals surface area contributed by atoms with E-state index in [9.17, 15) is 9.59 Å². The van der Waals surface area contributed by atoms with Gasteiger partial charge in [0.15, 0.2) is 0 Å². The highest BCUT2D eigenvalue weighted by Gasteiger charge is 2.27. The van der Waals surface area contributed by atoms with Crippen LogP contribution in [0.2, 0.25) is 0 Å². The van der Waals surface area contributed by atoms with Crippen LogP contribution >= 0.6 is 0 Å². The second-order valence-electron chi connectivity index (χ2n) is 4.76. The van der Waals surface area contributed by atoms with E-state index in [-0.39, 0.29) is 23.7 Å². The minimum atomic E-state index is -1.14. The van der Waals surface area contributed by atoms with E-state index in [1.165, 1.54) is 19.2 Å². The number of hydrogen-bond donors (Lipinski definition) is 3. The van der Waals surface area contributed by atoms with E-state index in [2.05, 4.69) is 5.32 Å². The number of nitrogens with one attached hydrogen (secondary N) is 1. The highest BCUT2D eigenvalue weighted by atomic mass is 16.5. The fourth-order valence-electron chi connectivity index (χ4n) is 1.32. The number of benzene rings is 1. The predicted molar refractivity (Wildman–Crippen MR) is 71.4 cm³/mol. The zero-order chi connectivity index (χ0) is 14.6. The van der Waals surface area contributed by atoms with Crippen LogP contribution in [0.1, 0.15) is 24.2 Å². The Balaban J connectivity index is 3.08. The molecule has 1 amide bonds. The van der Waals surface area contributed by atoms with Gasteiger partial charge in [-0.05, 0) is 32.0 Å². The number of carbonyl (C=O) groups is 2. The van der Waals surface area contributed by atoms with Gasteiger partial charge in [0.2, 0.25) is 5.91 Å². The SMILES string of the molecule is COc1ccc(NC(=O)C(C)(C)CN)c(C(=O)O)c1. The Morgan fingerprint density at radius 2 is 2.05 bits per heavy atom. The molecule has 0 spiro atoms. The normalized spacial score (nSPS) is 10.9. The van der Waals surface area contributed by atoms with E-state index in [4.69, 9.17) is 15.6 Å². The number of carboxylic acid groups (broad SMARTS) is 1. The molecule has 0 saturated heterocycles. The minimum absolute atomic E-state index is 0.0273. The highest BCUT2D eigenvalue weighted by Crippen LogP contribution is 2.24. The van der Waals surface area contributed by atoms with Gasteiger partial charge in [0, 0.05) is 6.54 Å². The zero-order valence-corrected chi connectivity index (χ0v) is 11.2. The molecule has 19 heavy (non-hydrogen) atoms. The van der Waals surface area contributed by atoms with Crippen molar-refractivity contribution in [3.05, 3.63) is 23.8 Å². The summed E-state index contributed by atoms with van der Waals surface area (Å²) in [4.78, 5) is 23.1. The van der Waals surface area contributed by atoms with Gasteiger partial charge < -0.3 is 20.9 Å². The maximum atomic E-state index is 12.0. The molecule has 0 aliphatic heterocycles. The van der Waals surface area contributed by atoms with Crippen LogP contribution in [0.3, 0.4) is 0 Å². The van der Waals surface area contributed by atoms with Crippen LogP contribution in [0.5, 0.6) is 5.75 Å². The number of carbonyl (C=O) groups excluding carboxylic acids is 1. The number of ether oxygens (including phenoxy) is 1. The molecule has 1 aromatic carbocycles. The fraction of sp³-hybridized carbons (Fsp3) is 0.385. The molecule has 0 radical (unpaired) electrons. The molecule has 0 saturated carbocycles. The van der Waals surface area contributed by atoms with Crippen molar-refractivity contribution in [3.63, 3.8) is 0 Å². The Kier molecular flexibility index (Phi) is 4.50. The van der Waals surface area contributed by atoms with Gasteiger partial charge in [0.1, 0.15) is 5.75 Å². The van der Waals surface area contributed by atoms with E-state index in [0.29, 0.717) is 5.75 Å². The van der Waals surface area contributed by atoms with Gasteiger partial charge in [0.25, 0.3) is 0 Å². The molecular weight excluding hydrogens is 248 g/mol. The van der Waals surface area contributed by atoms with E-state index in [1.807, 2.05) is 0 Å². The molecule has 0 aliphatic carbocycles. The van der Waals surface area contributed by atoms with Gasteiger partial charge >= 0.3 is 5.97 Å². The van der Waals surface area contributed by atoms with E-state index < -0.39 is 11.4 Å². The Labute approximate surface area is 111 Å². The number of aromatic carboxylic acids is 1. The van der Waals surface area contributed by atoms with E-state index in [0.717, 1.165) is 0 Å². The van der Waals surface area contributed by atoms with Gasteiger partial charge in [-0.2, -0.15) is 0 Å². The standard InChI is InChI=1S/C13H18N2O4/c1-13(2,7-14)12(18)15-10-5-4-8(19-3)6-9(10)11(16)17/h4-6H,7,14H2,1-3H3,(H,15,18)(H,16,17). The topological polar surface area (TPSA) is 102 Å².